The first kappa shape index (κ1) is 10.5. The number of hydrogen-bond acceptors (Lipinski definition) is 2. The number of ether oxygens (including phenoxy) is 1. The number of rotatable bonds is 3. The molecular weight excluding hydrogens is 186 g/mol. The molecule has 0 bridgehead atoms. The van der Waals surface area contributed by atoms with Crippen LogP contribution in [0, 0.1) is 5.92 Å². The zero-order chi connectivity index (χ0) is 10.7. The van der Waals surface area contributed by atoms with Crippen molar-refractivity contribution in [3.63, 3.8) is 0 Å². The zero-order valence-corrected chi connectivity index (χ0v) is 9.49. The summed E-state index contributed by atoms with van der Waals surface area (Å²) < 4.78 is 5.66. The van der Waals surface area contributed by atoms with Crippen LogP contribution in [0.3, 0.4) is 0 Å². The number of benzene rings is 1. The Labute approximate surface area is 91.6 Å². The highest BCUT2D eigenvalue weighted by atomic mass is 16.5. The van der Waals surface area contributed by atoms with E-state index in [1.165, 1.54) is 12.0 Å². The third-order valence-corrected chi connectivity index (χ3v) is 3.09. The summed E-state index contributed by atoms with van der Waals surface area (Å²) in [6.45, 7) is 6.18. The molecule has 1 aromatic rings. The lowest BCUT2D eigenvalue weighted by Crippen LogP contribution is -2.17. The van der Waals surface area contributed by atoms with Crippen LogP contribution < -0.4 is 10.1 Å². The highest BCUT2D eigenvalue weighted by Crippen LogP contribution is 2.34. The maximum atomic E-state index is 5.66. The maximum absolute atomic E-state index is 5.66. The van der Waals surface area contributed by atoms with Gasteiger partial charge in [0, 0.05) is 11.6 Å². The Morgan fingerprint density at radius 3 is 2.87 bits per heavy atom. The molecule has 1 aliphatic heterocycles. The Bertz CT molecular complexity index is 324. The first-order valence-electron chi connectivity index (χ1n) is 5.78. The molecular formula is C13H19NO. The Morgan fingerprint density at radius 2 is 2.20 bits per heavy atom. The molecule has 82 valence electrons. The van der Waals surface area contributed by atoms with E-state index in [0.717, 1.165) is 18.9 Å². The molecule has 1 saturated heterocycles. The molecule has 0 aliphatic carbocycles. The van der Waals surface area contributed by atoms with Crippen molar-refractivity contribution in [2.45, 2.75) is 26.3 Å². The summed E-state index contributed by atoms with van der Waals surface area (Å²) in [6.07, 6.45) is 1.26. The summed E-state index contributed by atoms with van der Waals surface area (Å²) >= 11 is 0. The first-order chi connectivity index (χ1) is 7.33. The van der Waals surface area contributed by atoms with Crippen LogP contribution in [0.25, 0.3) is 0 Å². The summed E-state index contributed by atoms with van der Waals surface area (Å²) in [7, 11) is 0. The number of para-hydroxylation sites is 1. The smallest absolute Gasteiger partial charge is 0.124 e. The molecule has 0 spiro atoms. The van der Waals surface area contributed by atoms with Gasteiger partial charge in [-0.15, -0.1) is 0 Å². The van der Waals surface area contributed by atoms with Crippen LogP contribution in [0.4, 0.5) is 0 Å². The van der Waals surface area contributed by atoms with Crippen LogP contribution in [0.1, 0.15) is 31.9 Å². The standard InChI is InChI=1S/C13H19NO/c1-3-15-12-7-5-4-6-11(12)13-10(2)8-9-14-13/h4-7,10,13-14H,3,8-9H2,1-2H3/t10-,13+/m0/s1. The van der Waals surface area contributed by atoms with E-state index in [4.69, 9.17) is 4.74 Å². The van der Waals surface area contributed by atoms with Gasteiger partial charge in [0.15, 0.2) is 0 Å². The van der Waals surface area contributed by atoms with E-state index >= 15 is 0 Å². The van der Waals surface area contributed by atoms with Gasteiger partial charge in [0.2, 0.25) is 0 Å². The molecule has 0 amide bonds. The van der Waals surface area contributed by atoms with Crippen LogP contribution in [0.15, 0.2) is 24.3 Å². The zero-order valence-electron chi connectivity index (χ0n) is 9.49. The van der Waals surface area contributed by atoms with Gasteiger partial charge in [0.1, 0.15) is 5.75 Å². The minimum Gasteiger partial charge on any atom is -0.494 e. The number of nitrogens with one attached hydrogen (secondary N) is 1. The van der Waals surface area contributed by atoms with Gasteiger partial charge in [-0.1, -0.05) is 25.1 Å². The maximum Gasteiger partial charge on any atom is 0.124 e. The van der Waals surface area contributed by atoms with Gasteiger partial charge in [-0.2, -0.15) is 0 Å². The van der Waals surface area contributed by atoms with Crippen molar-refractivity contribution < 1.29 is 4.74 Å². The Kier molecular flexibility index (Phi) is 3.27. The fourth-order valence-corrected chi connectivity index (χ4v) is 2.28. The highest BCUT2D eigenvalue weighted by Gasteiger charge is 2.26. The quantitative estimate of drug-likeness (QED) is 0.819. The van der Waals surface area contributed by atoms with E-state index in [1.54, 1.807) is 0 Å². The lowest BCUT2D eigenvalue weighted by molar-refractivity contribution is 0.329. The fraction of sp³-hybridized carbons (Fsp3) is 0.538. The minimum absolute atomic E-state index is 0.466. The molecule has 2 atom stereocenters. The van der Waals surface area contributed by atoms with Crippen LogP contribution in [0.5, 0.6) is 5.75 Å². The van der Waals surface area contributed by atoms with Crippen molar-refractivity contribution in [2.24, 2.45) is 5.92 Å². The van der Waals surface area contributed by atoms with Gasteiger partial charge in [-0.3, -0.25) is 0 Å². The Balaban J connectivity index is 2.25. The molecule has 2 nitrogen and oxygen atoms in total. The van der Waals surface area contributed by atoms with E-state index in [0.29, 0.717) is 12.0 Å². The monoisotopic (exact) mass is 205 g/mol. The van der Waals surface area contributed by atoms with Gasteiger partial charge in [-0.25, -0.2) is 0 Å². The summed E-state index contributed by atoms with van der Waals surface area (Å²) in [5, 5.41) is 3.54. The SMILES string of the molecule is CCOc1ccccc1[C@@H]1NCC[C@@H]1C. The van der Waals surface area contributed by atoms with Crippen LogP contribution in [-0.2, 0) is 0 Å². The average Bonchev–Trinajstić information content (AvgIpc) is 2.66. The molecule has 0 saturated carbocycles. The van der Waals surface area contributed by atoms with E-state index in [1.807, 2.05) is 13.0 Å². The lowest BCUT2D eigenvalue weighted by atomic mass is 9.95. The summed E-state index contributed by atoms with van der Waals surface area (Å²) in [6, 6.07) is 8.82. The van der Waals surface area contributed by atoms with E-state index in [-0.39, 0.29) is 0 Å². The summed E-state index contributed by atoms with van der Waals surface area (Å²) in [5.74, 6) is 1.73. The molecule has 2 heteroatoms. The molecule has 15 heavy (non-hydrogen) atoms. The van der Waals surface area contributed by atoms with Crippen molar-refractivity contribution in [3.8, 4) is 5.75 Å². The second-order valence-corrected chi connectivity index (χ2v) is 4.17. The van der Waals surface area contributed by atoms with Crippen molar-refractivity contribution in [1.29, 1.82) is 0 Å². The molecule has 2 rings (SSSR count). The van der Waals surface area contributed by atoms with Crippen molar-refractivity contribution in [1.82, 2.24) is 5.32 Å². The van der Waals surface area contributed by atoms with Gasteiger partial charge < -0.3 is 10.1 Å². The van der Waals surface area contributed by atoms with Gasteiger partial charge in [0.25, 0.3) is 0 Å². The fourth-order valence-electron chi connectivity index (χ4n) is 2.28. The van der Waals surface area contributed by atoms with Crippen molar-refractivity contribution in [2.75, 3.05) is 13.2 Å². The third kappa shape index (κ3) is 2.15. The van der Waals surface area contributed by atoms with Crippen LogP contribution >= 0.6 is 0 Å². The minimum atomic E-state index is 0.466. The predicted octanol–water partition coefficient (Wildman–Crippen LogP) is 2.76. The van der Waals surface area contributed by atoms with Gasteiger partial charge in [0.05, 0.1) is 6.61 Å². The molecule has 0 radical (unpaired) electrons. The van der Waals surface area contributed by atoms with Crippen molar-refractivity contribution >= 4 is 0 Å². The second kappa shape index (κ2) is 4.67. The Hall–Kier alpha value is -1.02. The van der Waals surface area contributed by atoms with E-state index in [2.05, 4.69) is 30.4 Å². The number of hydrogen-bond donors (Lipinski definition) is 1. The summed E-state index contributed by atoms with van der Waals surface area (Å²) in [5.41, 5.74) is 1.31. The average molecular weight is 205 g/mol. The largest absolute Gasteiger partial charge is 0.494 e. The Morgan fingerprint density at radius 1 is 1.40 bits per heavy atom. The molecule has 0 aromatic heterocycles. The van der Waals surface area contributed by atoms with Crippen LogP contribution in [0.2, 0.25) is 0 Å². The molecule has 1 N–H and O–H groups in total. The summed E-state index contributed by atoms with van der Waals surface area (Å²) in [4.78, 5) is 0. The van der Waals surface area contributed by atoms with Crippen LogP contribution in [-0.4, -0.2) is 13.2 Å². The lowest BCUT2D eigenvalue weighted by Gasteiger charge is -2.19. The van der Waals surface area contributed by atoms with Gasteiger partial charge >= 0.3 is 0 Å². The predicted molar refractivity (Wildman–Crippen MR) is 62.1 cm³/mol. The first-order valence-corrected chi connectivity index (χ1v) is 5.78. The molecule has 0 unspecified atom stereocenters. The topological polar surface area (TPSA) is 21.3 Å². The van der Waals surface area contributed by atoms with E-state index < -0.39 is 0 Å². The van der Waals surface area contributed by atoms with Crippen molar-refractivity contribution in [3.05, 3.63) is 29.8 Å². The third-order valence-electron chi connectivity index (χ3n) is 3.09. The van der Waals surface area contributed by atoms with Gasteiger partial charge in [-0.05, 0) is 31.9 Å². The normalized spacial score (nSPS) is 25.5. The van der Waals surface area contributed by atoms with E-state index in [9.17, 15) is 0 Å². The molecule has 1 aromatic carbocycles. The molecule has 1 aliphatic rings. The molecule has 1 fully saturated rings. The molecule has 1 heterocycles. The second-order valence-electron chi connectivity index (χ2n) is 4.17. The highest BCUT2D eigenvalue weighted by molar-refractivity contribution is 5.36.